The molecule has 0 spiro atoms. The van der Waals surface area contributed by atoms with Crippen LogP contribution in [0.5, 0.6) is 11.5 Å². The Hall–Kier alpha value is -2.50. The third kappa shape index (κ3) is 2.44. The van der Waals surface area contributed by atoms with Gasteiger partial charge in [-0.1, -0.05) is 5.16 Å². The molecule has 0 atom stereocenters. The molecule has 1 fully saturated rings. The molecule has 0 saturated heterocycles. The zero-order valence-electron chi connectivity index (χ0n) is 11.3. The zero-order valence-corrected chi connectivity index (χ0v) is 11.3. The van der Waals surface area contributed by atoms with E-state index in [0.717, 1.165) is 18.6 Å². The number of ether oxygens (including phenoxy) is 2. The van der Waals surface area contributed by atoms with Gasteiger partial charge in [0, 0.05) is 23.7 Å². The summed E-state index contributed by atoms with van der Waals surface area (Å²) >= 11 is 0. The summed E-state index contributed by atoms with van der Waals surface area (Å²) in [4.78, 5) is 12.1. The lowest BCUT2D eigenvalue weighted by atomic mass is 10.2. The van der Waals surface area contributed by atoms with E-state index in [1.165, 1.54) is 0 Å². The van der Waals surface area contributed by atoms with Crippen LogP contribution in [0.25, 0.3) is 0 Å². The Morgan fingerprint density at radius 3 is 2.76 bits per heavy atom. The third-order valence-electron chi connectivity index (χ3n) is 3.54. The van der Waals surface area contributed by atoms with E-state index in [0.29, 0.717) is 42.0 Å². The number of hydrogen-bond donors (Lipinski definition) is 1. The topological polar surface area (TPSA) is 73.6 Å². The Labute approximate surface area is 121 Å². The second kappa shape index (κ2) is 4.80. The molecule has 6 heteroatoms. The predicted molar refractivity (Wildman–Crippen MR) is 73.9 cm³/mol. The van der Waals surface area contributed by atoms with E-state index in [9.17, 15) is 4.79 Å². The Bertz CT molecular complexity index is 691. The number of aromatic nitrogens is 1. The van der Waals surface area contributed by atoms with Gasteiger partial charge >= 0.3 is 0 Å². The van der Waals surface area contributed by atoms with E-state index in [1.807, 2.05) is 0 Å². The summed E-state index contributed by atoms with van der Waals surface area (Å²) in [5.74, 6) is 2.27. The van der Waals surface area contributed by atoms with Gasteiger partial charge in [0.2, 0.25) is 0 Å². The average molecular weight is 286 g/mol. The number of nitrogens with zero attached hydrogens (tertiary/aromatic N) is 1. The standard InChI is InChI=1S/C15H14N2O4/c18-15(11-8-13(21-17-11)9-1-2-9)16-10-3-4-12-14(7-10)20-6-5-19-12/h3-4,7-9H,1-2,5-6H2,(H,16,18). The first-order chi connectivity index (χ1) is 10.3. The van der Waals surface area contributed by atoms with Gasteiger partial charge in [0.15, 0.2) is 17.2 Å². The number of nitrogens with one attached hydrogen (secondary N) is 1. The molecular weight excluding hydrogens is 272 g/mol. The highest BCUT2D eigenvalue weighted by atomic mass is 16.6. The summed E-state index contributed by atoms with van der Waals surface area (Å²) < 4.78 is 16.1. The van der Waals surface area contributed by atoms with Gasteiger partial charge in [0.25, 0.3) is 5.91 Å². The van der Waals surface area contributed by atoms with Crippen molar-refractivity contribution in [3.05, 3.63) is 35.7 Å². The van der Waals surface area contributed by atoms with Gasteiger partial charge in [-0.15, -0.1) is 0 Å². The minimum absolute atomic E-state index is 0.290. The summed E-state index contributed by atoms with van der Waals surface area (Å²) in [6.45, 7) is 1.06. The lowest BCUT2D eigenvalue weighted by Crippen LogP contribution is -2.16. The average Bonchev–Trinajstić information content (AvgIpc) is 3.24. The van der Waals surface area contributed by atoms with Gasteiger partial charge in [-0.2, -0.15) is 0 Å². The van der Waals surface area contributed by atoms with Crippen LogP contribution in [0.1, 0.15) is 35.0 Å². The Morgan fingerprint density at radius 2 is 1.95 bits per heavy atom. The maximum Gasteiger partial charge on any atom is 0.277 e. The van der Waals surface area contributed by atoms with Gasteiger partial charge in [0.05, 0.1) is 0 Å². The summed E-state index contributed by atoms with van der Waals surface area (Å²) in [5.41, 5.74) is 0.937. The van der Waals surface area contributed by atoms with Crippen molar-refractivity contribution in [2.45, 2.75) is 18.8 Å². The molecule has 1 aliphatic heterocycles. The minimum atomic E-state index is -0.290. The van der Waals surface area contributed by atoms with Crippen LogP contribution >= 0.6 is 0 Å². The molecule has 0 radical (unpaired) electrons. The molecule has 1 aromatic heterocycles. The molecule has 1 N–H and O–H groups in total. The molecule has 1 aromatic carbocycles. The van der Waals surface area contributed by atoms with Crippen LogP contribution in [0, 0.1) is 0 Å². The van der Waals surface area contributed by atoms with Gasteiger partial charge in [-0.05, 0) is 25.0 Å². The number of hydrogen-bond acceptors (Lipinski definition) is 5. The molecule has 1 aliphatic carbocycles. The van der Waals surface area contributed by atoms with Gasteiger partial charge in [-0.25, -0.2) is 0 Å². The van der Waals surface area contributed by atoms with Crippen LogP contribution in [0.4, 0.5) is 5.69 Å². The molecule has 1 amide bonds. The molecule has 108 valence electrons. The van der Waals surface area contributed by atoms with Crippen molar-refractivity contribution >= 4 is 11.6 Å². The molecule has 0 unspecified atom stereocenters. The number of anilines is 1. The number of rotatable bonds is 3. The van der Waals surface area contributed by atoms with E-state index < -0.39 is 0 Å². The van der Waals surface area contributed by atoms with Gasteiger partial charge in [0.1, 0.15) is 19.0 Å². The summed E-state index contributed by atoms with van der Waals surface area (Å²) in [5, 5.41) is 6.60. The fraction of sp³-hybridized carbons (Fsp3) is 0.333. The fourth-order valence-electron chi connectivity index (χ4n) is 2.27. The molecule has 2 aliphatic rings. The Kier molecular flexibility index (Phi) is 2.80. The van der Waals surface area contributed by atoms with Crippen LogP contribution in [0.15, 0.2) is 28.8 Å². The highest BCUT2D eigenvalue weighted by Crippen LogP contribution is 2.40. The van der Waals surface area contributed by atoms with E-state index in [-0.39, 0.29) is 5.91 Å². The largest absolute Gasteiger partial charge is 0.486 e. The predicted octanol–water partition coefficient (Wildman–Crippen LogP) is 2.58. The number of benzene rings is 1. The lowest BCUT2D eigenvalue weighted by Gasteiger charge is -2.18. The number of carbonyl (C=O) groups excluding carboxylic acids is 1. The summed E-state index contributed by atoms with van der Waals surface area (Å²) in [7, 11) is 0. The van der Waals surface area contributed by atoms with Crippen molar-refractivity contribution < 1.29 is 18.8 Å². The number of fused-ring (bicyclic) bond motifs is 1. The monoisotopic (exact) mass is 286 g/mol. The van der Waals surface area contributed by atoms with E-state index in [4.69, 9.17) is 14.0 Å². The van der Waals surface area contributed by atoms with E-state index in [1.54, 1.807) is 24.3 Å². The van der Waals surface area contributed by atoms with Crippen LogP contribution in [0.2, 0.25) is 0 Å². The second-order valence-electron chi connectivity index (χ2n) is 5.20. The van der Waals surface area contributed by atoms with Gasteiger partial charge < -0.3 is 19.3 Å². The van der Waals surface area contributed by atoms with Crippen molar-refractivity contribution in [1.82, 2.24) is 5.16 Å². The highest BCUT2D eigenvalue weighted by Gasteiger charge is 2.29. The molecule has 1 saturated carbocycles. The third-order valence-corrected chi connectivity index (χ3v) is 3.54. The number of carbonyl (C=O) groups is 1. The Morgan fingerprint density at radius 1 is 1.14 bits per heavy atom. The summed E-state index contributed by atoms with van der Waals surface area (Å²) in [6, 6.07) is 7.01. The van der Waals surface area contributed by atoms with E-state index in [2.05, 4.69) is 10.5 Å². The SMILES string of the molecule is O=C(Nc1ccc2c(c1)OCCO2)c1cc(C2CC2)on1. The van der Waals surface area contributed by atoms with Crippen molar-refractivity contribution in [3.8, 4) is 11.5 Å². The first-order valence-electron chi connectivity index (χ1n) is 6.97. The minimum Gasteiger partial charge on any atom is -0.486 e. The molecule has 0 bridgehead atoms. The second-order valence-corrected chi connectivity index (χ2v) is 5.20. The quantitative estimate of drug-likeness (QED) is 0.938. The fourth-order valence-corrected chi connectivity index (χ4v) is 2.27. The number of amides is 1. The van der Waals surface area contributed by atoms with Gasteiger partial charge in [-0.3, -0.25) is 4.79 Å². The van der Waals surface area contributed by atoms with Crippen molar-refractivity contribution in [2.24, 2.45) is 0 Å². The van der Waals surface area contributed by atoms with Crippen molar-refractivity contribution in [2.75, 3.05) is 18.5 Å². The first-order valence-corrected chi connectivity index (χ1v) is 6.97. The molecule has 2 heterocycles. The van der Waals surface area contributed by atoms with Crippen molar-refractivity contribution in [1.29, 1.82) is 0 Å². The van der Waals surface area contributed by atoms with E-state index >= 15 is 0 Å². The molecular formula is C15H14N2O4. The van der Waals surface area contributed by atoms with Crippen LogP contribution in [-0.2, 0) is 0 Å². The van der Waals surface area contributed by atoms with Crippen LogP contribution in [-0.4, -0.2) is 24.3 Å². The maximum atomic E-state index is 12.1. The molecule has 21 heavy (non-hydrogen) atoms. The van der Waals surface area contributed by atoms with Crippen molar-refractivity contribution in [3.63, 3.8) is 0 Å². The summed E-state index contributed by atoms with van der Waals surface area (Å²) in [6.07, 6.45) is 2.22. The molecule has 2 aromatic rings. The smallest absolute Gasteiger partial charge is 0.277 e. The van der Waals surface area contributed by atoms with Crippen LogP contribution in [0.3, 0.4) is 0 Å². The molecule has 4 rings (SSSR count). The first kappa shape index (κ1) is 12.3. The lowest BCUT2D eigenvalue weighted by molar-refractivity contribution is 0.101. The van der Waals surface area contributed by atoms with Crippen LogP contribution < -0.4 is 14.8 Å². The molecule has 6 nitrogen and oxygen atoms in total. The normalized spacial score (nSPS) is 16.6. The zero-order chi connectivity index (χ0) is 14.2. The Balaban J connectivity index is 1.50. The highest BCUT2D eigenvalue weighted by molar-refractivity contribution is 6.03. The maximum absolute atomic E-state index is 12.1.